The molecule has 1 aliphatic rings. The quantitative estimate of drug-likeness (QED) is 0.168. The molecule has 0 spiro atoms. The Bertz CT molecular complexity index is 1350. The molecular weight excluding hydrogens is 665 g/mol. The van der Waals surface area contributed by atoms with E-state index < -0.39 is 16.5 Å². The predicted molar refractivity (Wildman–Crippen MR) is 172 cm³/mol. The van der Waals surface area contributed by atoms with E-state index in [2.05, 4.69) is 58.2 Å². The van der Waals surface area contributed by atoms with Gasteiger partial charge < -0.3 is 42.7 Å². The van der Waals surface area contributed by atoms with Crippen molar-refractivity contribution in [3.05, 3.63) is 64.7 Å². The van der Waals surface area contributed by atoms with Crippen LogP contribution in [0.1, 0.15) is 71.1 Å². The molecule has 2 aromatic rings. The predicted octanol–water partition coefficient (Wildman–Crippen LogP) is 4.06. The fourth-order valence-electron chi connectivity index (χ4n) is 6.72. The van der Waals surface area contributed by atoms with Crippen molar-refractivity contribution in [3.8, 4) is 23.3 Å². The van der Waals surface area contributed by atoms with E-state index >= 15 is 0 Å². The normalized spacial score (nSPS) is 18.4. The summed E-state index contributed by atoms with van der Waals surface area (Å²) in [6.07, 6.45) is 4.62. The van der Waals surface area contributed by atoms with Gasteiger partial charge >= 0.3 is 0 Å². The number of methoxy groups -OCH3 is 3. The zero-order chi connectivity index (χ0) is 32.2. The summed E-state index contributed by atoms with van der Waals surface area (Å²) in [6.45, 7) is 16.9. The van der Waals surface area contributed by atoms with Gasteiger partial charge in [-0.1, -0.05) is 38.1 Å². The highest BCUT2D eigenvalue weighted by Crippen LogP contribution is 2.42. The number of nitrogens with zero attached hydrogens (tertiary/aromatic N) is 3. The standard InChI is InChI=1S/C36H53N3O4.HI/c1-26(2)36(25-37,29-15-16-31(41-9)33(22-29)43-11)18-12-19-39(8,20-17-28-14-13-27(3)32(21-28)42-10)24-30-23-34(4,5)38(40)35(30,6)7;/h13-16,21-23,26H,12,17-20,24H2,1-11H3;1H/q+1;/p-1. The summed E-state index contributed by atoms with van der Waals surface area (Å²) in [6, 6.07) is 15.0. The molecule has 44 heavy (non-hydrogen) atoms. The van der Waals surface area contributed by atoms with Gasteiger partial charge in [0.1, 0.15) is 12.3 Å². The highest BCUT2D eigenvalue weighted by atomic mass is 127. The second-order valence-electron chi connectivity index (χ2n) is 13.9. The van der Waals surface area contributed by atoms with E-state index in [0.717, 1.165) is 53.8 Å². The van der Waals surface area contributed by atoms with Crippen LogP contribution < -0.4 is 38.2 Å². The van der Waals surface area contributed by atoms with Crippen LogP contribution in [0.2, 0.25) is 0 Å². The monoisotopic (exact) mass is 718 g/mol. The minimum atomic E-state index is -0.672. The average Bonchev–Trinajstić information content (AvgIpc) is 3.12. The lowest BCUT2D eigenvalue weighted by Crippen LogP contribution is -3.00. The molecule has 1 aliphatic heterocycles. The topological polar surface area (TPSA) is 74.6 Å². The number of rotatable bonds is 14. The Morgan fingerprint density at radius 2 is 1.59 bits per heavy atom. The maximum Gasteiger partial charge on any atom is 0.161 e. The Morgan fingerprint density at radius 1 is 0.955 bits per heavy atom. The van der Waals surface area contributed by atoms with Gasteiger partial charge in [0, 0.05) is 12.0 Å². The lowest BCUT2D eigenvalue weighted by Gasteiger charge is -2.40. The molecule has 0 aromatic heterocycles. The van der Waals surface area contributed by atoms with Crippen LogP contribution in [0, 0.1) is 24.2 Å². The van der Waals surface area contributed by atoms with Crippen molar-refractivity contribution in [1.29, 1.82) is 5.26 Å². The van der Waals surface area contributed by atoms with E-state index in [-0.39, 0.29) is 29.9 Å². The summed E-state index contributed by atoms with van der Waals surface area (Å²) in [4.78, 5) is 0. The van der Waals surface area contributed by atoms with E-state index in [9.17, 15) is 10.5 Å². The molecule has 0 saturated heterocycles. The molecule has 0 fully saturated rings. The van der Waals surface area contributed by atoms with Crippen molar-refractivity contribution in [1.82, 2.24) is 5.06 Å². The molecule has 0 N–H and O–H groups in total. The smallest absolute Gasteiger partial charge is 0.161 e. The number of hydroxylamine groups is 2. The number of ether oxygens (including phenoxy) is 3. The van der Waals surface area contributed by atoms with E-state index in [1.807, 2.05) is 45.9 Å². The fraction of sp³-hybridized carbons (Fsp3) is 0.583. The summed E-state index contributed by atoms with van der Waals surface area (Å²) in [5.74, 6) is 2.29. The summed E-state index contributed by atoms with van der Waals surface area (Å²) >= 11 is 0. The van der Waals surface area contributed by atoms with E-state index in [1.165, 1.54) is 16.2 Å². The lowest BCUT2D eigenvalue weighted by molar-refractivity contribution is -0.905. The molecular formula is C36H53IN3O4. The Hall–Kier alpha value is -2.32. The zero-order valence-corrected chi connectivity index (χ0v) is 30.9. The zero-order valence-electron chi connectivity index (χ0n) is 28.7. The fourth-order valence-corrected chi connectivity index (χ4v) is 6.72. The van der Waals surface area contributed by atoms with Crippen LogP contribution in [-0.4, -0.2) is 68.6 Å². The number of likely N-dealkylation sites (N-methyl/N-ethyl adjacent to an activating group) is 1. The molecule has 2 aromatic carbocycles. The summed E-state index contributed by atoms with van der Waals surface area (Å²) in [7, 11) is 7.26. The summed E-state index contributed by atoms with van der Waals surface area (Å²) < 4.78 is 17.4. The third kappa shape index (κ3) is 7.90. The number of hydrogen-bond donors (Lipinski definition) is 0. The average molecular weight is 719 g/mol. The number of hydrogen-bond acceptors (Lipinski definition) is 5. The van der Waals surface area contributed by atoms with Crippen LogP contribution in [0.25, 0.3) is 0 Å². The van der Waals surface area contributed by atoms with Crippen molar-refractivity contribution in [2.24, 2.45) is 5.92 Å². The number of benzene rings is 2. The summed E-state index contributed by atoms with van der Waals surface area (Å²) in [5.41, 5.74) is 2.68. The molecule has 1 radical (unpaired) electrons. The number of quaternary nitrogens is 1. The van der Waals surface area contributed by atoms with Crippen molar-refractivity contribution in [2.45, 2.75) is 84.2 Å². The van der Waals surface area contributed by atoms with Crippen molar-refractivity contribution in [2.75, 3.05) is 48.0 Å². The Kier molecular flexibility index (Phi) is 12.8. The van der Waals surface area contributed by atoms with Crippen LogP contribution in [-0.2, 0) is 17.0 Å². The van der Waals surface area contributed by atoms with E-state index in [4.69, 9.17) is 14.2 Å². The third-order valence-corrected chi connectivity index (χ3v) is 9.66. The van der Waals surface area contributed by atoms with Crippen LogP contribution in [0.3, 0.4) is 0 Å². The van der Waals surface area contributed by atoms with Gasteiger partial charge in [0.25, 0.3) is 0 Å². The first kappa shape index (κ1) is 37.9. The Morgan fingerprint density at radius 3 is 2.11 bits per heavy atom. The number of nitriles is 1. The first-order valence-electron chi connectivity index (χ1n) is 15.4. The highest BCUT2D eigenvalue weighted by molar-refractivity contribution is 5.47. The first-order chi connectivity index (χ1) is 20.1. The van der Waals surface area contributed by atoms with Crippen LogP contribution >= 0.6 is 0 Å². The molecule has 1 heterocycles. The van der Waals surface area contributed by atoms with Crippen LogP contribution in [0.5, 0.6) is 17.2 Å². The van der Waals surface area contributed by atoms with Gasteiger partial charge in [-0.3, -0.25) is 0 Å². The molecule has 2 atom stereocenters. The molecule has 7 nitrogen and oxygen atoms in total. The highest BCUT2D eigenvalue weighted by Gasteiger charge is 2.48. The molecule has 0 bridgehead atoms. The van der Waals surface area contributed by atoms with E-state index in [0.29, 0.717) is 17.9 Å². The lowest BCUT2D eigenvalue weighted by atomic mass is 9.69. The molecule has 0 aliphatic carbocycles. The first-order valence-corrected chi connectivity index (χ1v) is 15.4. The van der Waals surface area contributed by atoms with Gasteiger partial charge in [-0.2, -0.15) is 5.26 Å². The van der Waals surface area contributed by atoms with Crippen molar-refractivity contribution in [3.63, 3.8) is 0 Å². The van der Waals surface area contributed by atoms with Crippen LogP contribution in [0.15, 0.2) is 48.0 Å². The second kappa shape index (κ2) is 14.8. The largest absolute Gasteiger partial charge is 1.00 e. The minimum Gasteiger partial charge on any atom is -1.00 e. The number of aryl methyl sites for hydroxylation is 1. The molecule has 243 valence electrons. The maximum absolute atomic E-state index is 13.2. The molecule has 2 unspecified atom stereocenters. The SMILES string of the molecule is COc1cc(CC[N+](C)(CCCC(C#N)(c2ccc(OC)c(OC)c2)C(C)C)CC2=CC(C)(C)N([O])C2(C)C)ccc1C.[I-]. The Balaban J connectivity index is 0.00000675. The third-order valence-electron chi connectivity index (χ3n) is 9.66. The summed E-state index contributed by atoms with van der Waals surface area (Å²) in [5, 5.41) is 25.1. The molecule has 0 amide bonds. The Labute approximate surface area is 283 Å². The maximum atomic E-state index is 13.2. The number of halogens is 1. The molecule has 3 rings (SSSR count). The van der Waals surface area contributed by atoms with Gasteiger partial charge in [0.05, 0.1) is 64.0 Å². The molecule has 0 saturated carbocycles. The second-order valence-corrected chi connectivity index (χ2v) is 13.9. The van der Waals surface area contributed by atoms with Crippen molar-refractivity contribution >= 4 is 0 Å². The van der Waals surface area contributed by atoms with E-state index in [1.54, 1.807) is 21.3 Å². The van der Waals surface area contributed by atoms with Gasteiger partial charge in [-0.05, 0) is 88.3 Å². The van der Waals surface area contributed by atoms with Gasteiger partial charge in [-0.15, -0.1) is 10.3 Å². The van der Waals surface area contributed by atoms with Crippen LogP contribution in [0.4, 0.5) is 0 Å². The van der Waals surface area contributed by atoms with Crippen molar-refractivity contribution < 1.29 is 47.9 Å². The minimum absolute atomic E-state index is 0. The van der Waals surface area contributed by atoms with Gasteiger partial charge in [0.15, 0.2) is 11.5 Å². The van der Waals surface area contributed by atoms with Gasteiger partial charge in [0.2, 0.25) is 0 Å². The van der Waals surface area contributed by atoms with Gasteiger partial charge in [-0.25, -0.2) is 0 Å². The molecule has 8 heteroatoms.